The predicted octanol–water partition coefficient (Wildman–Crippen LogP) is 4.19. The molecule has 0 fully saturated rings. The van der Waals surface area contributed by atoms with Gasteiger partial charge in [-0.3, -0.25) is 4.98 Å². The fourth-order valence-electron chi connectivity index (χ4n) is 3.20. The third kappa shape index (κ3) is 2.19. The minimum atomic E-state index is 0.815. The first-order valence-electron chi connectivity index (χ1n) is 8.41. The molecule has 0 aliphatic rings. The number of hydrogen-bond acceptors (Lipinski definition) is 5. The molecule has 6 nitrogen and oxygen atoms in total. The molecule has 126 valence electrons. The van der Waals surface area contributed by atoms with Gasteiger partial charge in [0.15, 0.2) is 0 Å². The van der Waals surface area contributed by atoms with E-state index in [-0.39, 0.29) is 0 Å². The topological polar surface area (TPSA) is 68.0 Å². The maximum absolute atomic E-state index is 4.79. The molecule has 0 aliphatic heterocycles. The van der Waals surface area contributed by atoms with Gasteiger partial charge in [-0.25, -0.2) is 14.5 Å². The number of fused-ring (bicyclic) bond motifs is 4. The molecule has 1 N–H and O–H groups in total. The molecule has 0 saturated carbocycles. The molecule has 0 atom stereocenters. The minimum absolute atomic E-state index is 0.815. The SMILES string of the molecule is Cc1ccc(Nc2c3ccncc3nc3c2nn2cnccc32)cc1C. The third-order valence-electron chi connectivity index (χ3n) is 4.73. The zero-order chi connectivity index (χ0) is 17.7. The van der Waals surface area contributed by atoms with Crippen LogP contribution in [0.3, 0.4) is 0 Å². The van der Waals surface area contributed by atoms with Crippen LogP contribution in [0.4, 0.5) is 11.4 Å². The average molecular weight is 340 g/mol. The molecule has 26 heavy (non-hydrogen) atoms. The highest BCUT2D eigenvalue weighted by molar-refractivity contribution is 6.10. The molecule has 5 aromatic rings. The second-order valence-electron chi connectivity index (χ2n) is 6.41. The van der Waals surface area contributed by atoms with Crippen LogP contribution in [0.2, 0.25) is 0 Å². The van der Waals surface area contributed by atoms with E-state index in [1.54, 1.807) is 29.4 Å². The van der Waals surface area contributed by atoms with Crippen molar-refractivity contribution >= 4 is 38.8 Å². The van der Waals surface area contributed by atoms with Crippen LogP contribution < -0.4 is 5.32 Å². The lowest BCUT2D eigenvalue weighted by Crippen LogP contribution is -1.96. The van der Waals surface area contributed by atoms with Gasteiger partial charge in [0.2, 0.25) is 0 Å². The molecular formula is C20H16N6. The summed E-state index contributed by atoms with van der Waals surface area (Å²) in [7, 11) is 0. The molecule has 0 spiro atoms. The van der Waals surface area contributed by atoms with Gasteiger partial charge in [0, 0.05) is 23.5 Å². The van der Waals surface area contributed by atoms with E-state index in [0.29, 0.717) is 0 Å². The van der Waals surface area contributed by atoms with Crippen LogP contribution in [-0.2, 0) is 0 Å². The normalized spacial score (nSPS) is 11.5. The molecule has 4 heterocycles. The van der Waals surface area contributed by atoms with Crippen LogP contribution in [0, 0.1) is 13.8 Å². The molecule has 1 aromatic carbocycles. The van der Waals surface area contributed by atoms with Crippen molar-refractivity contribution in [2.24, 2.45) is 0 Å². The maximum atomic E-state index is 4.79. The summed E-state index contributed by atoms with van der Waals surface area (Å²) in [6.07, 6.45) is 7.01. The summed E-state index contributed by atoms with van der Waals surface area (Å²) < 4.78 is 1.76. The fourth-order valence-corrected chi connectivity index (χ4v) is 3.20. The summed E-state index contributed by atoms with van der Waals surface area (Å²) >= 11 is 0. The highest BCUT2D eigenvalue weighted by atomic mass is 15.2. The van der Waals surface area contributed by atoms with Crippen LogP contribution >= 0.6 is 0 Å². The summed E-state index contributed by atoms with van der Waals surface area (Å²) in [4.78, 5) is 13.2. The summed E-state index contributed by atoms with van der Waals surface area (Å²) in [5.74, 6) is 0. The first kappa shape index (κ1) is 14.8. The molecule has 6 heteroatoms. The van der Waals surface area contributed by atoms with Gasteiger partial charge in [0.25, 0.3) is 0 Å². The van der Waals surface area contributed by atoms with E-state index >= 15 is 0 Å². The minimum Gasteiger partial charge on any atom is -0.353 e. The van der Waals surface area contributed by atoms with Crippen molar-refractivity contribution in [2.75, 3.05) is 5.32 Å². The molecule has 0 saturated heterocycles. The first-order valence-corrected chi connectivity index (χ1v) is 8.41. The fraction of sp³-hybridized carbons (Fsp3) is 0.100. The van der Waals surface area contributed by atoms with E-state index in [9.17, 15) is 0 Å². The van der Waals surface area contributed by atoms with Gasteiger partial charge >= 0.3 is 0 Å². The van der Waals surface area contributed by atoms with E-state index in [1.165, 1.54) is 11.1 Å². The summed E-state index contributed by atoms with van der Waals surface area (Å²) in [5, 5.41) is 9.25. The Bertz CT molecular complexity index is 1290. The van der Waals surface area contributed by atoms with Crippen molar-refractivity contribution in [2.45, 2.75) is 13.8 Å². The van der Waals surface area contributed by atoms with E-state index in [0.717, 1.165) is 38.8 Å². The van der Waals surface area contributed by atoms with Gasteiger partial charge in [-0.05, 0) is 49.2 Å². The van der Waals surface area contributed by atoms with Crippen molar-refractivity contribution < 1.29 is 0 Å². The smallest absolute Gasteiger partial charge is 0.136 e. The summed E-state index contributed by atoms with van der Waals surface area (Å²) in [5.41, 5.74) is 7.86. The monoisotopic (exact) mass is 340 g/mol. The standard InChI is InChI=1S/C20H16N6/c1-12-3-4-14(9-13(12)2)23-18-15-5-7-21-10-16(15)24-19-17-6-8-22-11-26(17)25-20(18)19/h3-11,23H,1-2H3. The zero-order valence-corrected chi connectivity index (χ0v) is 14.4. The Hall–Kier alpha value is -3.54. The zero-order valence-electron chi connectivity index (χ0n) is 14.4. The van der Waals surface area contributed by atoms with Gasteiger partial charge in [0.05, 0.1) is 22.9 Å². The van der Waals surface area contributed by atoms with E-state index < -0.39 is 0 Å². The Morgan fingerprint density at radius 1 is 0.923 bits per heavy atom. The second kappa shape index (κ2) is 5.49. The maximum Gasteiger partial charge on any atom is 0.136 e. The van der Waals surface area contributed by atoms with E-state index in [1.807, 2.05) is 12.1 Å². The van der Waals surface area contributed by atoms with Crippen LogP contribution in [0.5, 0.6) is 0 Å². The van der Waals surface area contributed by atoms with Crippen molar-refractivity contribution in [3.63, 3.8) is 0 Å². The van der Waals surface area contributed by atoms with Crippen molar-refractivity contribution in [1.82, 2.24) is 24.6 Å². The second-order valence-corrected chi connectivity index (χ2v) is 6.41. The third-order valence-corrected chi connectivity index (χ3v) is 4.73. The molecule has 0 radical (unpaired) electrons. The number of benzene rings is 1. The molecule has 4 aromatic heterocycles. The van der Waals surface area contributed by atoms with Gasteiger partial charge < -0.3 is 5.32 Å². The number of anilines is 2. The molecular weight excluding hydrogens is 324 g/mol. The Balaban J connectivity index is 1.83. The molecule has 0 bridgehead atoms. The number of aryl methyl sites for hydroxylation is 2. The van der Waals surface area contributed by atoms with E-state index in [4.69, 9.17) is 10.1 Å². The Morgan fingerprint density at radius 2 is 1.81 bits per heavy atom. The van der Waals surface area contributed by atoms with Gasteiger partial charge in [0.1, 0.15) is 17.4 Å². The van der Waals surface area contributed by atoms with Crippen LogP contribution in [0.25, 0.3) is 27.5 Å². The number of rotatable bonds is 2. The Morgan fingerprint density at radius 3 is 2.69 bits per heavy atom. The number of nitrogens with one attached hydrogen (secondary N) is 1. The predicted molar refractivity (Wildman–Crippen MR) is 103 cm³/mol. The van der Waals surface area contributed by atoms with Crippen molar-refractivity contribution in [1.29, 1.82) is 0 Å². The lowest BCUT2D eigenvalue weighted by atomic mass is 10.1. The quantitative estimate of drug-likeness (QED) is 0.522. The van der Waals surface area contributed by atoms with Crippen molar-refractivity contribution in [3.8, 4) is 0 Å². The average Bonchev–Trinajstić information content (AvgIpc) is 3.03. The van der Waals surface area contributed by atoms with Crippen molar-refractivity contribution in [3.05, 3.63) is 66.4 Å². The molecule has 0 amide bonds. The molecule has 0 unspecified atom stereocenters. The highest BCUT2D eigenvalue weighted by Gasteiger charge is 2.15. The van der Waals surface area contributed by atoms with E-state index in [2.05, 4.69) is 47.3 Å². The number of hydrogen-bond donors (Lipinski definition) is 1. The molecule has 0 aliphatic carbocycles. The Labute approximate surface area is 149 Å². The lowest BCUT2D eigenvalue weighted by Gasteiger charge is -2.11. The van der Waals surface area contributed by atoms with Gasteiger partial charge in [-0.15, -0.1) is 0 Å². The summed E-state index contributed by atoms with van der Waals surface area (Å²) in [6.45, 7) is 4.22. The van der Waals surface area contributed by atoms with Crippen LogP contribution in [-0.4, -0.2) is 24.6 Å². The lowest BCUT2D eigenvalue weighted by molar-refractivity contribution is 0.938. The number of aromatic nitrogens is 5. The Kier molecular flexibility index (Phi) is 3.12. The number of nitrogens with zero attached hydrogens (tertiary/aromatic N) is 5. The number of pyridine rings is 2. The van der Waals surface area contributed by atoms with Gasteiger partial charge in [-0.2, -0.15) is 5.10 Å². The van der Waals surface area contributed by atoms with Crippen LogP contribution in [0.15, 0.2) is 55.2 Å². The molecule has 5 rings (SSSR count). The largest absolute Gasteiger partial charge is 0.353 e. The highest BCUT2D eigenvalue weighted by Crippen LogP contribution is 2.33. The van der Waals surface area contributed by atoms with Gasteiger partial charge in [-0.1, -0.05) is 6.07 Å². The van der Waals surface area contributed by atoms with Crippen LogP contribution in [0.1, 0.15) is 11.1 Å². The summed E-state index contributed by atoms with van der Waals surface area (Å²) in [6, 6.07) is 10.2. The first-order chi connectivity index (χ1) is 12.7.